The van der Waals surface area contributed by atoms with E-state index in [2.05, 4.69) is 17.4 Å². The van der Waals surface area contributed by atoms with Crippen LogP contribution in [0.15, 0.2) is 78.9 Å². The molecular weight excluding hydrogens is 496 g/mol. The minimum atomic E-state index is -0.679. The van der Waals surface area contributed by atoms with Gasteiger partial charge in [0.1, 0.15) is 5.75 Å². The van der Waals surface area contributed by atoms with E-state index < -0.39 is 18.5 Å². The molecule has 0 radical (unpaired) electrons. The molecule has 1 heterocycles. The zero-order valence-corrected chi connectivity index (χ0v) is 21.7. The summed E-state index contributed by atoms with van der Waals surface area (Å²) in [6.07, 6.45) is 2.20. The number of carbonyl (C=O) groups excluding carboxylic acids is 4. The van der Waals surface area contributed by atoms with Gasteiger partial charge in [0.15, 0.2) is 6.61 Å². The van der Waals surface area contributed by atoms with E-state index in [-0.39, 0.29) is 35.1 Å². The number of rotatable bonds is 8. The lowest BCUT2D eigenvalue weighted by Gasteiger charge is -2.28. The van der Waals surface area contributed by atoms with Gasteiger partial charge in [-0.3, -0.25) is 19.3 Å². The molecule has 0 bridgehead atoms. The Bertz CT molecular complexity index is 1350. The summed E-state index contributed by atoms with van der Waals surface area (Å²) in [6.45, 7) is 1.97. The molecule has 0 spiro atoms. The average molecular weight is 527 g/mol. The highest BCUT2D eigenvalue weighted by Crippen LogP contribution is 2.45. The summed E-state index contributed by atoms with van der Waals surface area (Å²) in [5.74, 6) is -1.22. The van der Waals surface area contributed by atoms with Gasteiger partial charge < -0.3 is 14.8 Å². The van der Waals surface area contributed by atoms with Gasteiger partial charge >= 0.3 is 5.97 Å². The predicted molar refractivity (Wildman–Crippen MR) is 145 cm³/mol. The Kier molecular flexibility index (Phi) is 7.72. The highest BCUT2D eigenvalue weighted by molar-refractivity contribution is 6.22. The average Bonchev–Trinajstić information content (AvgIpc) is 3.22. The van der Waals surface area contributed by atoms with Gasteiger partial charge in [-0.15, -0.1) is 0 Å². The van der Waals surface area contributed by atoms with Crippen molar-refractivity contribution >= 4 is 35.1 Å². The van der Waals surface area contributed by atoms with Crippen LogP contribution in [0.5, 0.6) is 5.75 Å². The molecule has 8 heteroatoms. The van der Waals surface area contributed by atoms with Gasteiger partial charge in [0.05, 0.1) is 29.7 Å². The summed E-state index contributed by atoms with van der Waals surface area (Å²) < 4.78 is 10.5. The fourth-order valence-corrected chi connectivity index (χ4v) is 5.42. The first-order valence-electron chi connectivity index (χ1n) is 13.2. The number of benzene rings is 3. The Balaban J connectivity index is 1.17. The second kappa shape index (κ2) is 11.5. The number of imide groups is 1. The van der Waals surface area contributed by atoms with Crippen molar-refractivity contribution in [3.8, 4) is 5.75 Å². The lowest BCUT2D eigenvalue weighted by Crippen LogP contribution is -2.30. The van der Waals surface area contributed by atoms with Gasteiger partial charge in [0.2, 0.25) is 11.8 Å². The Morgan fingerprint density at radius 1 is 0.872 bits per heavy atom. The van der Waals surface area contributed by atoms with Gasteiger partial charge in [-0.05, 0) is 86.2 Å². The van der Waals surface area contributed by atoms with Crippen molar-refractivity contribution in [2.75, 3.05) is 23.4 Å². The number of hydrogen-bond acceptors (Lipinski definition) is 6. The minimum Gasteiger partial charge on any atom is -0.494 e. The summed E-state index contributed by atoms with van der Waals surface area (Å²) in [5, 5.41) is 2.66. The van der Waals surface area contributed by atoms with Crippen molar-refractivity contribution in [3.63, 3.8) is 0 Å². The predicted octanol–water partition coefficient (Wildman–Crippen LogP) is 4.95. The van der Waals surface area contributed by atoms with Gasteiger partial charge in [0, 0.05) is 5.69 Å². The molecule has 3 atom stereocenters. The number of nitrogens with zero attached hydrogens (tertiary/aromatic N) is 1. The van der Waals surface area contributed by atoms with Crippen molar-refractivity contribution in [2.45, 2.75) is 32.1 Å². The zero-order chi connectivity index (χ0) is 27.4. The first-order chi connectivity index (χ1) is 18.9. The van der Waals surface area contributed by atoms with Crippen LogP contribution in [0.3, 0.4) is 0 Å². The molecule has 3 amide bonds. The molecule has 2 fully saturated rings. The number of anilines is 2. The van der Waals surface area contributed by atoms with Crippen LogP contribution in [0.4, 0.5) is 11.4 Å². The molecule has 200 valence electrons. The number of nitrogens with one attached hydrogen (secondary N) is 1. The molecular formula is C31H30N2O6. The normalized spacial score (nSPS) is 20.3. The molecule has 1 aliphatic carbocycles. The third-order valence-electron chi connectivity index (χ3n) is 7.34. The SMILES string of the molecule is CCOc1ccc(NC(=O)COC(=O)c2ccc(N3C(=O)[C@H]4C[C@@H](c5ccccc5)CC[C@H]4C3=O)cc2)cc1. The third kappa shape index (κ3) is 5.70. The quantitative estimate of drug-likeness (QED) is 0.329. The van der Waals surface area contributed by atoms with E-state index in [4.69, 9.17) is 9.47 Å². The lowest BCUT2D eigenvalue weighted by molar-refractivity contribution is -0.122. The summed E-state index contributed by atoms with van der Waals surface area (Å²) in [4.78, 5) is 52.4. The van der Waals surface area contributed by atoms with E-state index in [0.717, 1.165) is 6.42 Å². The third-order valence-corrected chi connectivity index (χ3v) is 7.34. The molecule has 0 aromatic heterocycles. The van der Waals surface area contributed by atoms with Crippen LogP contribution in [0.2, 0.25) is 0 Å². The molecule has 3 aromatic rings. The maximum absolute atomic E-state index is 13.3. The Labute approximate surface area is 226 Å². The standard InChI is InChI=1S/C31H30N2O6/c1-2-38-25-15-11-23(12-16-25)32-28(34)19-39-31(37)21-8-13-24(14-9-21)33-29(35)26-17-10-22(18-27(26)30(33)36)20-6-4-3-5-7-20/h3-9,11-16,22,26-27H,2,10,17-19H2,1H3,(H,32,34)/t22-,26+,27-/m0/s1. The maximum Gasteiger partial charge on any atom is 0.338 e. The largest absolute Gasteiger partial charge is 0.494 e. The fourth-order valence-electron chi connectivity index (χ4n) is 5.42. The Morgan fingerprint density at radius 2 is 1.56 bits per heavy atom. The Hall–Kier alpha value is -4.46. The first-order valence-corrected chi connectivity index (χ1v) is 13.2. The van der Waals surface area contributed by atoms with Gasteiger partial charge in [-0.25, -0.2) is 4.79 Å². The number of fused-ring (bicyclic) bond motifs is 1. The topological polar surface area (TPSA) is 102 Å². The number of esters is 1. The van der Waals surface area contributed by atoms with Crippen LogP contribution >= 0.6 is 0 Å². The second-order valence-electron chi connectivity index (χ2n) is 9.77. The highest BCUT2D eigenvalue weighted by Gasteiger charge is 2.50. The van der Waals surface area contributed by atoms with Crippen LogP contribution in [0.25, 0.3) is 0 Å². The van der Waals surface area contributed by atoms with E-state index in [1.807, 2.05) is 25.1 Å². The summed E-state index contributed by atoms with van der Waals surface area (Å²) >= 11 is 0. The second-order valence-corrected chi connectivity index (χ2v) is 9.77. The van der Waals surface area contributed by atoms with Gasteiger partial charge in [0.25, 0.3) is 5.91 Å². The fraction of sp³-hybridized carbons (Fsp3) is 0.290. The molecule has 1 aliphatic heterocycles. The van der Waals surface area contributed by atoms with Crippen molar-refractivity contribution in [1.29, 1.82) is 0 Å². The highest BCUT2D eigenvalue weighted by atomic mass is 16.5. The molecule has 39 heavy (non-hydrogen) atoms. The Morgan fingerprint density at radius 3 is 2.26 bits per heavy atom. The van der Waals surface area contributed by atoms with E-state index in [1.54, 1.807) is 36.4 Å². The van der Waals surface area contributed by atoms with Crippen molar-refractivity contribution in [3.05, 3.63) is 90.0 Å². The number of carbonyl (C=O) groups is 4. The molecule has 1 N–H and O–H groups in total. The van der Waals surface area contributed by atoms with E-state index in [9.17, 15) is 19.2 Å². The number of amides is 3. The summed E-state index contributed by atoms with van der Waals surface area (Å²) in [6, 6.07) is 23.1. The first kappa shape index (κ1) is 26.2. The van der Waals surface area contributed by atoms with E-state index >= 15 is 0 Å². The van der Waals surface area contributed by atoms with Gasteiger partial charge in [-0.1, -0.05) is 30.3 Å². The molecule has 0 unspecified atom stereocenters. The zero-order valence-electron chi connectivity index (χ0n) is 21.7. The van der Waals surface area contributed by atoms with Crippen LogP contribution < -0.4 is 15.0 Å². The van der Waals surface area contributed by atoms with Crippen molar-refractivity contribution < 1.29 is 28.7 Å². The number of ether oxygens (including phenoxy) is 2. The maximum atomic E-state index is 13.3. The smallest absolute Gasteiger partial charge is 0.338 e. The molecule has 3 aromatic carbocycles. The summed E-state index contributed by atoms with van der Waals surface area (Å²) in [5.41, 5.74) is 2.40. The van der Waals surface area contributed by atoms with Crippen LogP contribution in [0.1, 0.15) is 48.0 Å². The van der Waals surface area contributed by atoms with Crippen LogP contribution in [0, 0.1) is 11.8 Å². The van der Waals surface area contributed by atoms with E-state index in [1.165, 1.54) is 22.6 Å². The number of hydrogen-bond donors (Lipinski definition) is 1. The molecule has 5 rings (SSSR count). The van der Waals surface area contributed by atoms with Crippen molar-refractivity contribution in [2.24, 2.45) is 11.8 Å². The minimum absolute atomic E-state index is 0.183. The molecule has 8 nitrogen and oxygen atoms in total. The van der Waals surface area contributed by atoms with Crippen LogP contribution in [-0.4, -0.2) is 36.9 Å². The molecule has 1 saturated heterocycles. The molecule has 1 saturated carbocycles. The summed E-state index contributed by atoms with van der Waals surface area (Å²) in [7, 11) is 0. The molecule has 2 aliphatic rings. The lowest BCUT2D eigenvalue weighted by atomic mass is 9.73. The monoisotopic (exact) mass is 526 g/mol. The van der Waals surface area contributed by atoms with E-state index in [0.29, 0.717) is 36.6 Å². The van der Waals surface area contributed by atoms with Crippen molar-refractivity contribution in [1.82, 2.24) is 0 Å². The van der Waals surface area contributed by atoms with Crippen LogP contribution in [-0.2, 0) is 19.1 Å². The van der Waals surface area contributed by atoms with Gasteiger partial charge in [-0.2, -0.15) is 0 Å².